The van der Waals surface area contributed by atoms with Gasteiger partial charge in [-0.1, -0.05) is 0 Å². The molecule has 0 aliphatic rings. The molecule has 1 heterocycles. The van der Waals surface area contributed by atoms with Crippen molar-refractivity contribution in [2.24, 2.45) is 0 Å². The van der Waals surface area contributed by atoms with Crippen molar-refractivity contribution in [3.05, 3.63) is 47.5 Å². The van der Waals surface area contributed by atoms with Crippen molar-refractivity contribution >= 4 is 11.6 Å². The average Bonchev–Trinajstić information content (AvgIpc) is 2.39. The standard InChI is InChI=1S/C13H14N4O2/c1-8-15-5-4-10(17-8)7-16-13(19)9-2-3-11(14)12(18)6-9/h2-6,18H,7,14H2,1H3,(H,16,19). The number of nitrogens with zero attached hydrogens (tertiary/aromatic N) is 2. The molecule has 0 radical (unpaired) electrons. The fraction of sp³-hybridized carbons (Fsp3) is 0.154. The minimum atomic E-state index is -0.299. The first kappa shape index (κ1) is 12.8. The predicted molar refractivity (Wildman–Crippen MR) is 70.5 cm³/mol. The Morgan fingerprint density at radius 1 is 1.42 bits per heavy atom. The molecule has 0 bridgehead atoms. The van der Waals surface area contributed by atoms with E-state index in [2.05, 4.69) is 15.3 Å². The number of carbonyl (C=O) groups excluding carboxylic acids is 1. The lowest BCUT2D eigenvalue weighted by Crippen LogP contribution is -2.23. The van der Waals surface area contributed by atoms with Crippen LogP contribution in [0.3, 0.4) is 0 Å². The van der Waals surface area contributed by atoms with E-state index < -0.39 is 0 Å². The summed E-state index contributed by atoms with van der Waals surface area (Å²) < 4.78 is 0. The summed E-state index contributed by atoms with van der Waals surface area (Å²) in [7, 11) is 0. The zero-order chi connectivity index (χ0) is 13.8. The Balaban J connectivity index is 2.03. The van der Waals surface area contributed by atoms with Gasteiger partial charge in [0.1, 0.15) is 11.6 Å². The Labute approximate surface area is 110 Å². The van der Waals surface area contributed by atoms with Crippen molar-refractivity contribution in [2.45, 2.75) is 13.5 Å². The number of rotatable bonds is 3. The molecule has 0 saturated carbocycles. The highest BCUT2D eigenvalue weighted by molar-refractivity contribution is 5.95. The lowest BCUT2D eigenvalue weighted by molar-refractivity contribution is 0.0950. The Kier molecular flexibility index (Phi) is 3.61. The molecule has 1 amide bonds. The van der Waals surface area contributed by atoms with Crippen LogP contribution in [0.25, 0.3) is 0 Å². The van der Waals surface area contributed by atoms with Gasteiger partial charge < -0.3 is 16.2 Å². The quantitative estimate of drug-likeness (QED) is 0.563. The number of benzene rings is 1. The molecule has 2 aromatic rings. The molecule has 98 valence electrons. The highest BCUT2D eigenvalue weighted by atomic mass is 16.3. The summed E-state index contributed by atoms with van der Waals surface area (Å²) in [5, 5.41) is 12.2. The summed E-state index contributed by atoms with van der Waals surface area (Å²) in [6, 6.07) is 6.10. The number of phenolic OH excluding ortho intramolecular Hbond substituents is 1. The Morgan fingerprint density at radius 2 is 2.21 bits per heavy atom. The number of amides is 1. The van der Waals surface area contributed by atoms with Gasteiger partial charge in [-0.25, -0.2) is 9.97 Å². The summed E-state index contributed by atoms with van der Waals surface area (Å²) in [5.74, 6) is 0.244. The Bertz CT molecular complexity index is 613. The van der Waals surface area contributed by atoms with Crippen LogP contribution in [-0.4, -0.2) is 21.0 Å². The van der Waals surface area contributed by atoms with E-state index in [1.165, 1.54) is 12.1 Å². The minimum Gasteiger partial charge on any atom is -0.506 e. The molecule has 6 heteroatoms. The monoisotopic (exact) mass is 258 g/mol. The van der Waals surface area contributed by atoms with Crippen molar-refractivity contribution in [2.75, 3.05) is 5.73 Å². The molecule has 0 saturated heterocycles. The van der Waals surface area contributed by atoms with Crippen LogP contribution in [0.2, 0.25) is 0 Å². The third kappa shape index (κ3) is 3.19. The Morgan fingerprint density at radius 3 is 2.89 bits per heavy atom. The second-order valence-corrected chi connectivity index (χ2v) is 4.05. The lowest BCUT2D eigenvalue weighted by atomic mass is 10.2. The van der Waals surface area contributed by atoms with Crippen molar-refractivity contribution < 1.29 is 9.90 Å². The summed E-state index contributed by atoms with van der Waals surface area (Å²) in [6.07, 6.45) is 1.64. The van der Waals surface area contributed by atoms with Crippen LogP contribution < -0.4 is 11.1 Å². The number of nitrogen functional groups attached to an aromatic ring is 1. The predicted octanol–water partition coefficient (Wildman–Crippen LogP) is 1.00. The SMILES string of the molecule is Cc1nccc(CNC(=O)c2ccc(N)c(O)c2)n1. The number of hydrogen-bond acceptors (Lipinski definition) is 5. The number of phenols is 1. The molecule has 0 spiro atoms. The van der Waals surface area contributed by atoms with Crippen LogP contribution in [0.5, 0.6) is 5.75 Å². The zero-order valence-corrected chi connectivity index (χ0v) is 10.4. The second-order valence-electron chi connectivity index (χ2n) is 4.05. The van der Waals surface area contributed by atoms with E-state index in [4.69, 9.17) is 5.73 Å². The molecule has 0 fully saturated rings. The Hall–Kier alpha value is -2.63. The fourth-order valence-electron chi connectivity index (χ4n) is 1.56. The molecular formula is C13H14N4O2. The van der Waals surface area contributed by atoms with Crippen LogP contribution in [0, 0.1) is 6.92 Å². The number of anilines is 1. The van der Waals surface area contributed by atoms with Crippen molar-refractivity contribution in [1.82, 2.24) is 15.3 Å². The van der Waals surface area contributed by atoms with E-state index in [0.29, 0.717) is 17.9 Å². The van der Waals surface area contributed by atoms with Crippen LogP contribution in [0.1, 0.15) is 21.9 Å². The van der Waals surface area contributed by atoms with Gasteiger partial charge in [-0.2, -0.15) is 0 Å². The van der Waals surface area contributed by atoms with Gasteiger partial charge >= 0.3 is 0 Å². The first-order valence-corrected chi connectivity index (χ1v) is 5.71. The van der Waals surface area contributed by atoms with Gasteiger partial charge in [-0.15, -0.1) is 0 Å². The van der Waals surface area contributed by atoms with Crippen LogP contribution in [-0.2, 0) is 6.54 Å². The minimum absolute atomic E-state index is 0.106. The maximum atomic E-state index is 11.9. The first-order chi connectivity index (χ1) is 9.06. The van der Waals surface area contributed by atoms with E-state index in [0.717, 1.165) is 5.69 Å². The van der Waals surface area contributed by atoms with Crippen molar-refractivity contribution in [3.63, 3.8) is 0 Å². The summed E-state index contributed by atoms with van der Waals surface area (Å²) in [6.45, 7) is 2.08. The maximum absolute atomic E-state index is 11.9. The van der Waals surface area contributed by atoms with Crippen molar-refractivity contribution in [3.8, 4) is 5.75 Å². The zero-order valence-electron chi connectivity index (χ0n) is 10.4. The highest BCUT2D eigenvalue weighted by Gasteiger charge is 2.08. The number of carbonyl (C=O) groups is 1. The molecule has 19 heavy (non-hydrogen) atoms. The molecule has 2 rings (SSSR count). The number of aromatic nitrogens is 2. The number of aryl methyl sites for hydroxylation is 1. The summed E-state index contributed by atoms with van der Waals surface area (Å²) in [4.78, 5) is 20.0. The number of hydrogen-bond donors (Lipinski definition) is 3. The normalized spacial score (nSPS) is 10.2. The third-order valence-corrected chi connectivity index (χ3v) is 2.56. The highest BCUT2D eigenvalue weighted by Crippen LogP contribution is 2.20. The smallest absolute Gasteiger partial charge is 0.251 e. The summed E-state index contributed by atoms with van der Waals surface area (Å²) in [5.41, 5.74) is 6.78. The molecule has 0 unspecified atom stereocenters. The molecule has 4 N–H and O–H groups in total. The van der Waals surface area contributed by atoms with E-state index in [1.807, 2.05) is 0 Å². The molecule has 0 atom stereocenters. The van der Waals surface area contributed by atoms with Crippen LogP contribution in [0.4, 0.5) is 5.69 Å². The van der Waals surface area contributed by atoms with Gasteiger partial charge in [0.25, 0.3) is 5.91 Å². The number of nitrogens with two attached hydrogens (primary N) is 1. The number of aromatic hydroxyl groups is 1. The number of nitrogens with one attached hydrogen (secondary N) is 1. The van der Waals surface area contributed by atoms with Gasteiger partial charge in [0.15, 0.2) is 0 Å². The molecule has 1 aromatic carbocycles. The van der Waals surface area contributed by atoms with Gasteiger partial charge in [0, 0.05) is 11.8 Å². The summed E-state index contributed by atoms with van der Waals surface area (Å²) >= 11 is 0. The van der Waals surface area contributed by atoms with Crippen LogP contribution >= 0.6 is 0 Å². The first-order valence-electron chi connectivity index (χ1n) is 5.71. The second kappa shape index (κ2) is 5.34. The molecule has 0 aliphatic carbocycles. The maximum Gasteiger partial charge on any atom is 0.251 e. The largest absolute Gasteiger partial charge is 0.506 e. The van der Waals surface area contributed by atoms with E-state index in [9.17, 15) is 9.90 Å². The third-order valence-electron chi connectivity index (χ3n) is 2.56. The molecule has 0 aliphatic heterocycles. The van der Waals surface area contributed by atoms with Crippen LogP contribution in [0.15, 0.2) is 30.5 Å². The fourth-order valence-corrected chi connectivity index (χ4v) is 1.56. The van der Waals surface area contributed by atoms with Gasteiger partial charge in [-0.05, 0) is 31.2 Å². The van der Waals surface area contributed by atoms with Gasteiger partial charge in [0.2, 0.25) is 0 Å². The van der Waals surface area contributed by atoms with Crippen molar-refractivity contribution in [1.29, 1.82) is 0 Å². The molecule has 6 nitrogen and oxygen atoms in total. The van der Waals surface area contributed by atoms with E-state index >= 15 is 0 Å². The topological polar surface area (TPSA) is 101 Å². The molecule has 1 aromatic heterocycles. The average molecular weight is 258 g/mol. The van der Waals surface area contributed by atoms with E-state index in [1.54, 1.807) is 25.3 Å². The van der Waals surface area contributed by atoms with Gasteiger partial charge in [-0.3, -0.25) is 4.79 Å². The lowest BCUT2D eigenvalue weighted by Gasteiger charge is -2.06. The van der Waals surface area contributed by atoms with Gasteiger partial charge in [0.05, 0.1) is 17.9 Å². The van der Waals surface area contributed by atoms with E-state index in [-0.39, 0.29) is 17.3 Å². The molecular weight excluding hydrogens is 244 g/mol.